The number of primary amides is 1. The minimum Gasteiger partial charge on any atom is -0.456 e. The van der Waals surface area contributed by atoms with Crippen molar-refractivity contribution in [3.05, 3.63) is 90.9 Å². The number of nitrogen functional groups attached to an aromatic ring is 1. The number of nitrogens with two attached hydrogens (primary N) is 2. The van der Waals surface area contributed by atoms with Gasteiger partial charge in [-0.3, -0.25) is 9.59 Å². The summed E-state index contributed by atoms with van der Waals surface area (Å²) in [5, 5.41) is 11.9. The highest BCUT2D eigenvalue weighted by Gasteiger charge is 2.73. The standard InChI is InChI=1S/C25H19Cl3N2O4/c1-10(2)11-6-7-12-17(8-11)34-25(33)13-4-3-5-16(29)18(13)22(31)24(12,25)20-15(27)9-14(26)19(21(20)28)23(30)32/h3-10,33H,29H2,1-2H3,(H2,30,32). The van der Waals surface area contributed by atoms with Crippen molar-refractivity contribution in [3.8, 4) is 5.75 Å². The van der Waals surface area contributed by atoms with Gasteiger partial charge in [0, 0.05) is 27.4 Å². The number of aliphatic hydroxyl groups is 1. The molecule has 174 valence electrons. The molecule has 1 amide bonds. The van der Waals surface area contributed by atoms with E-state index in [0.29, 0.717) is 5.56 Å². The highest BCUT2D eigenvalue weighted by molar-refractivity contribution is 6.44. The Kier molecular flexibility index (Phi) is 4.98. The van der Waals surface area contributed by atoms with Gasteiger partial charge < -0.3 is 21.3 Å². The Bertz CT molecular complexity index is 1440. The van der Waals surface area contributed by atoms with Gasteiger partial charge in [-0.15, -0.1) is 0 Å². The van der Waals surface area contributed by atoms with Crippen molar-refractivity contribution in [1.82, 2.24) is 0 Å². The smallest absolute Gasteiger partial charge is 0.257 e. The van der Waals surface area contributed by atoms with Gasteiger partial charge in [0.15, 0.2) is 11.2 Å². The quantitative estimate of drug-likeness (QED) is 0.415. The van der Waals surface area contributed by atoms with Crippen LogP contribution in [0.1, 0.15) is 62.7 Å². The molecule has 5 N–H and O–H groups in total. The van der Waals surface area contributed by atoms with Crippen molar-refractivity contribution in [2.24, 2.45) is 5.73 Å². The first kappa shape index (κ1) is 23.0. The van der Waals surface area contributed by atoms with Crippen molar-refractivity contribution < 1.29 is 19.4 Å². The summed E-state index contributed by atoms with van der Waals surface area (Å²) < 4.78 is 6.17. The summed E-state index contributed by atoms with van der Waals surface area (Å²) in [4.78, 5) is 26.5. The van der Waals surface area contributed by atoms with Crippen LogP contribution in [-0.2, 0) is 11.2 Å². The summed E-state index contributed by atoms with van der Waals surface area (Å²) in [5.74, 6) is -3.28. The lowest BCUT2D eigenvalue weighted by Crippen LogP contribution is -2.50. The van der Waals surface area contributed by atoms with Crippen molar-refractivity contribution in [3.63, 3.8) is 0 Å². The molecule has 0 radical (unpaired) electrons. The number of hydrogen-bond acceptors (Lipinski definition) is 5. The van der Waals surface area contributed by atoms with E-state index in [2.05, 4.69) is 0 Å². The SMILES string of the molecule is CC(C)c1ccc2c(c1)OC1(O)c3cccc(N)c3C(=O)C21c1c(Cl)cc(Cl)c(C(N)=O)c1Cl. The normalized spacial score (nSPS) is 22.4. The number of carbonyl (C=O) groups is 2. The maximum absolute atomic E-state index is 14.3. The lowest BCUT2D eigenvalue weighted by Gasteiger charge is -2.35. The number of anilines is 1. The maximum atomic E-state index is 14.3. The molecule has 5 rings (SSSR count). The van der Waals surface area contributed by atoms with E-state index in [1.807, 2.05) is 19.9 Å². The monoisotopic (exact) mass is 516 g/mol. The van der Waals surface area contributed by atoms with Gasteiger partial charge in [-0.25, -0.2) is 0 Å². The van der Waals surface area contributed by atoms with Gasteiger partial charge in [0.2, 0.25) is 0 Å². The Hall–Kier alpha value is -2.77. The molecule has 0 bridgehead atoms. The number of fused-ring (bicyclic) bond motifs is 5. The van der Waals surface area contributed by atoms with Gasteiger partial charge >= 0.3 is 0 Å². The van der Waals surface area contributed by atoms with Crippen molar-refractivity contribution in [2.45, 2.75) is 31.0 Å². The first-order valence-corrected chi connectivity index (χ1v) is 11.6. The largest absolute Gasteiger partial charge is 0.456 e. The second-order valence-corrected chi connectivity index (χ2v) is 9.97. The van der Waals surface area contributed by atoms with Crippen LogP contribution in [0.15, 0.2) is 42.5 Å². The summed E-state index contributed by atoms with van der Waals surface area (Å²) in [7, 11) is 0. The fourth-order valence-electron chi connectivity index (χ4n) is 5.11. The summed E-state index contributed by atoms with van der Waals surface area (Å²) in [6.07, 6.45) is 0. The van der Waals surface area contributed by atoms with Crippen LogP contribution in [0.4, 0.5) is 5.69 Å². The topological polar surface area (TPSA) is 116 Å². The van der Waals surface area contributed by atoms with Crippen LogP contribution in [0.25, 0.3) is 0 Å². The molecule has 1 aliphatic carbocycles. The van der Waals surface area contributed by atoms with Crippen molar-refractivity contribution >= 4 is 52.2 Å². The van der Waals surface area contributed by atoms with Crippen LogP contribution >= 0.6 is 34.8 Å². The van der Waals surface area contributed by atoms with Gasteiger partial charge in [0.25, 0.3) is 11.7 Å². The molecular weight excluding hydrogens is 499 g/mol. The molecule has 6 nitrogen and oxygen atoms in total. The molecule has 34 heavy (non-hydrogen) atoms. The molecule has 2 atom stereocenters. The average molecular weight is 518 g/mol. The Morgan fingerprint density at radius 3 is 2.41 bits per heavy atom. The molecule has 1 heterocycles. The summed E-state index contributed by atoms with van der Waals surface area (Å²) >= 11 is 19.6. The summed E-state index contributed by atoms with van der Waals surface area (Å²) in [5.41, 5.74) is 11.2. The maximum Gasteiger partial charge on any atom is 0.257 e. The lowest BCUT2D eigenvalue weighted by atomic mass is 9.68. The number of Topliss-reactive ketones (excluding diaryl/α,β-unsaturated/α-hetero) is 1. The Balaban J connectivity index is 1.97. The molecule has 0 saturated heterocycles. The van der Waals surface area contributed by atoms with Crippen molar-refractivity contribution in [1.29, 1.82) is 0 Å². The van der Waals surface area contributed by atoms with E-state index in [1.165, 1.54) is 6.07 Å². The third kappa shape index (κ3) is 2.62. The van der Waals surface area contributed by atoms with Crippen LogP contribution in [0.5, 0.6) is 5.75 Å². The van der Waals surface area contributed by atoms with Crippen LogP contribution in [0.2, 0.25) is 15.1 Å². The van der Waals surface area contributed by atoms with Gasteiger partial charge in [0.1, 0.15) is 5.75 Å². The zero-order valence-electron chi connectivity index (χ0n) is 18.1. The van der Waals surface area contributed by atoms with Crippen LogP contribution in [0.3, 0.4) is 0 Å². The van der Waals surface area contributed by atoms with E-state index in [4.69, 9.17) is 51.0 Å². The van der Waals surface area contributed by atoms with Crippen LogP contribution in [-0.4, -0.2) is 16.8 Å². The average Bonchev–Trinajstić information content (AvgIpc) is 3.11. The zero-order chi connectivity index (χ0) is 24.7. The molecule has 1 aliphatic heterocycles. The number of rotatable bonds is 3. The lowest BCUT2D eigenvalue weighted by molar-refractivity contribution is -0.154. The Morgan fingerprint density at radius 2 is 1.76 bits per heavy atom. The molecule has 2 aliphatic rings. The molecule has 3 aromatic carbocycles. The number of ketones is 1. The van der Waals surface area contributed by atoms with Gasteiger partial charge in [-0.05, 0) is 29.7 Å². The Morgan fingerprint density at radius 1 is 1.06 bits per heavy atom. The molecule has 0 aromatic heterocycles. The number of benzene rings is 3. The molecule has 0 saturated carbocycles. The number of hydrogen-bond donors (Lipinski definition) is 3. The van der Waals surface area contributed by atoms with E-state index in [9.17, 15) is 14.7 Å². The molecule has 9 heteroatoms. The van der Waals surface area contributed by atoms with Gasteiger partial charge in [-0.1, -0.05) is 72.9 Å². The number of ether oxygens (including phenoxy) is 1. The molecular formula is C25H19Cl3N2O4. The predicted octanol–water partition coefficient (Wildman–Crippen LogP) is 5.17. The third-order valence-corrected chi connectivity index (χ3v) is 7.64. The highest BCUT2D eigenvalue weighted by Crippen LogP contribution is 2.65. The van der Waals surface area contributed by atoms with E-state index >= 15 is 0 Å². The number of halogens is 3. The fraction of sp³-hybridized carbons (Fsp3) is 0.200. The minimum atomic E-state index is -2.25. The van der Waals surface area contributed by atoms with Crippen LogP contribution in [0, 0.1) is 0 Å². The Labute approximate surface area is 210 Å². The van der Waals surface area contributed by atoms with E-state index in [-0.39, 0.29) is 54.7 Å². The second kappa shape index (κ2) is 7.36. The number of carbonyl (C=O) groups excluding carboxylic acids is 2. The van der Waals surface area contributed by atoms with Crippen molar-refractivity contribution in [2.75, 3.05) is 5.73 Å². The van der Waals surface area contributed by atoms with Gasteiger partial charge in [0.05, 0.1) is 21.2 Å². The minimum absolute atomic E-state index is 0.0341. The molecule has 3 aromatic rings. The highest BCUT2D eigenvalue weighted by atomic mass is 35.5. The predicted molar refractivity (Wildman–Crippen MR) is 131 cm³/mol. The number of amides is 1. The second-order valence-electron chi connectivity index (χ2n) is 8.77. The first-order valence-electron chi connectivity index (χ1n) is 10.4. The fourth-order valence-corrected chi connectivity index (χ4v) is 6.35. The van der Waals surface area contributed by atoms with Crippen LogP contribution < -0.4 is 16.2 Å². The summed E-state index contributed by atoms with van der Waals surface area (Å²) in [6, 6.07) is 11.3. The summed E-state index contributed by atoms with van der Waals surface area (Å²) in [6.45, 7) is 4.02. The van der Waals surface area contributed by atoms with E-state index in [0.717, 1.165) is 5.56 Å². The molecule has 0 fully saturated rings. The van der Waals surface area contributed by atoms with E-state index in [1.54, 1.807) is 30.3 Å². The zero-order valence-corrected chi connectivity index (χ0v) is 20.3. The first-order chi connectivity index (χ1) is 16.0. The molecule has 2 unspecified atom stereocenters. The molecule has 0 spiro atoms. The van der Waals surface area contributed by atoms with Gasteiger partial charge in [-0.2, -0.15) is 0 Å². The third-order valence-electron chi connectivity index (χ3n) is 6.66. The van der Waals surface area contributed by atoms with E-state index < -0.39 is 22.9 Å².